The lowest BCUT2D eigenvalue weighted by molar-refractivity contribution is -0.114. The maximum atomic E-state index is 13.2. The number of nitrogens with zero attached hydrogens (tertiary/aromatic N) is 4. The molecule has 3 heterocycles. The van der Waals surface area contributed by atoms with E-state index >= 15 is 0 Å². The van der Waals surface area contributed by atoms with Crippen molar-refractivity contribution in [3.05, 3.63) is 66.0 Å². The summed E-state index contributed by atoms with van der Waals surface area (Å²) in [5.41, 5.74) is 3.67. The Labute approximate surface area is 200 Å². The number of sulfonamides is 1. The number of hydrogen-bond donors (Lipinski definition) is 2. The van der Waals surface area contributed by atoms with E-state index in [1.807, 2.05) is 42.4 Å². The molecule has 5 rings (SSSR count). The van der Waals surface area contributed by atoms with Gasteiger partial charge in [-0.05, 0) is 42.1 Å². The highest BCUT2D eigenvalue weighted by Gasteiger charge is 2.22. The average Bonchev–Trinajstić information content (AvgIpc) is 3.19. The molecule has 9 nitrogen and oxygen atoms in total. The highest BCUT2D eigenvalue weighted by atomic mass is 32.2. The Morgan fingerprint density at radius 3 is 2.82 bits per heavy atom. The first-order chi connectivity index (χ1) is 16.3. The maximum absolute atomic E-state index is 13.2. The lowest BCUT2D eigenvalue weighted by Gasteiger charge is -2.22. The van der Waals surface area contributed by atoms with E-state index in [1.54, 1.807) is 24.3 Å². The fourth-order valence-electron chi connectivity index (χ4n) is 3.71. The molecule has 2 aromatic carbocycles. The van der Waals surface area contributed by atoms with E-state index in [2.05, 4.69) is 25.0 Å². The van der Waals surface area contributed by atoms with E-state index in [9.17, 15) is 13.2 Å². The third-order valence-electron chi connectivity index (χ3n) is 5.21. The quantitative estimate of drug-likeness (QED) is 0.433. The van der Waals surface area contributed by atoms with E-state index in [1.165, 1.54) is 24.5 Å². The first kappa shape index (κ1) is 22.0. The second-order valence-electron chi connectivity index (χ2n) is 7.81. The Hall–Kier alpha value is -3.83. The van der Waals surface area contributed by atoms with Crippen molar-refractivity contribution in [1.29, 1.82) is 0 Å². The van der Waals surface area contributed by atoms with Gasteiger partial charge in [0.15, 0.2) is 5.13 Å². The predicted molar refractivity (Wildman–Crippen MR) is 133 cm³/mol. The van der Waals surface area contributed by atoms with Crippen LogP contribution in [0.2, 0.25) is 0 Å². The van der Waals surface area contributed by atoms with Crippen molar-refractivity contribution in [2.75, 3.05) is 17.1 Å². The minimum absolute atomic E-state index is 0.0182. The van der Waals surface area contributed by atoms with E-state index in [0.29, 0.717) is 22.9 Å². The Bertz CT molecular complexity index is 1560. The number of nitrogens with one attached hydrogen (secondary N) is 2. The van der Waals surface area contributed by atoms with Gasteiger partial charge in [-0.3, -0.25) is 4.79 Å². The molecule has 0 saturated heterocycles. The highest BCUT2D eigenvalue weighted by molar-refractivity contribution is 7.92. The molecular formula is C23H20N6O3S2. The van der Waals surface area contributed by atoms with Crippen molar-refractivity contribution in [1.82, 2.24) is 19.9 Å². The van der Waals surface area contributed by atoms with Crippen LogP contribution in [0.15, 0.2) is 59.8 Å². The molecule has 1 aliphatic heterocycles. The molecule has 0 bridgehead atoms. The van der Waals surface area contributed by atoms with Crippen LogP contribution < -0.4 is 10.0 Å². The summed E-state index contributed by atoms with van der Waals surface area (Å²) < 4.78 is 29.8. The molecular weight excluding hydrogens is 472 g/mol. The number of rotatable bonds is 5. The van der Waals surface area contributed by atoms with Gasteiger partial charge in [-0.1, -0.05) is 29.5 Å². The van der Waals surface area contributed by atoms with Gasteiger partial charge in [0.25, 0.3) is 10.0 Å². The van der Waals surface area contributed by atoms with Crippen molar-refractivity contribution in [3.8, 4) is 11.3 Å². The normalized spacial score (nSPS) is 13.1. The number of fused-ring (bicyclic) bond motifs is 2. The first-order valence-corrected chi connectivity index (χ1v) is 12.6. The number of carbonyl (C=O) groups excluding carboxylic acids is 1. The third-order valence-corrected chi connectivity index (χ3v) is 7.53. The molecule has 0 aliphatic carbocycles. The Kier molecular flexibility index (Phi) is 5.50. The van der Waals surface area contributed by atoms with Gasteiger partial charge < -0.3 is 10.2 Å². The molecule has 2 aromatic heterocycles. The summed E-state index contributed by atoms with van der Waals surface area (Å²) >= 11 is 1.35. The second-order valence-corrected chi connectivity index (χ2v) is 10.5. The van der Waals surface area contributed by atoms with Gasteiger partial charge in [-0.25, -0.2) is 28.1 Å². The van der Waals surface area contributed by atoms with Gasteiger partial charge in [0, 0.05) is 37.8 Å². The number of aromatic nitrogens is 3. The fraction of sp³-hybridized carbons (Fsp3) is 0.130. The van der Waals surface area contributed by atoms with Crippen LogP contribution in [-0.2, 0) is 21.4 Å². The van der Waals surface area contributed by atoms with Crippen LogP contribution in [0.1, 0.15) is 18.1 Å². The van der Waals surface area contributed by atoms with Gasteiger partial charge >= 0.3 is 0 Å². The van der Waals surface area contributed by atoms with Crippen molar-refractivity contribution in [3.63, 3.8) is 0 Å². The molecule has 1 aliphatic rings. The number of hydrogen-bond acceptors (Lipinski definition) is 8. The lowest BCUT2D eigenvalue weighted by Crippen LogP contribution is -2.20. The van der Waals surface area contributed by atoms with Gasteiger partial charge in [0.2, 0.25) is 11.9 Å². The molecule has 0 fully saturated rings. The van der Waals surface area contributed by atoms with Gasteiger partial charge in [0.05, 0.1) is 20.8 Å². The summed E-state index contributed by atoms with van der Waals surface area (Å²) in [7, 11) is -1.97. The van der Waals surface area contributed by atoms with Crippen LogP contribution in [0, 0.1) is 0 Å². The molecule has 172 valence electrons. The SMILES string of the molecule is CC(=O)Nc1nc2ccc(-c3ccnc(NS(=O)(=O)c4cccc5c4C=CN(C)C5)n3)cc2s1. The smallest absolute Gasteiger partial charge is 0.264 e. The maximum Gasteiger partial charge on any atom is 0.264 e. The zero-order valence-electron chi connectivity index (χ0n) is 18.3. The van der Waals surface area contributed by atoms with E-state index < -0.39 is 10.0 Å². The molecule has 34 heavy (non-hydrogen) atoms. The minimum Gasteiger partial charge on any atom is -0.376 e. The molecule has 0 unspecified atom stereocenters. The molecule has 0 spiro atoms. The van der Waals surface area contributed by atoms with Crippen LogP contribution in [0.5, 0.6) is 0 Å². The lowest BCUT2D eigenvalue weighted by atomic mass is 10.0. The van der Waals surface area contributed by atoms with Crippen molar-refractivity contribution >= 4 is 54.6 Å². The Morgan fingerprint density at radius 1 is 1.15 bits per heavy atom. The Morgan fingerprint density at radius 2 is 2.00 bits per heavy atom. The molecule has 2 N–H and O–H groups in total. The zero-order chi connectivity index (χ0) is 23.9. The van der Waals surface area contributed by atoms with E-state index in [-0.39, 0.29) is 16.8 Å². The number of carbonyl (C=O) groups is 1. The largest absolute Gasteiger partial charge is 0.376 e. The van der Waals surface area contributed by atoms with Crippen LogP contribution in [0.4, 0.5) is 11.1 Å². The van der Waals surface area contributed by atoms with Crippen molar-refractivity contribution in [2.45, 2.75) is 18.4 Å². The summed E-state index contributed by atoms with van der Waals surface area (Å²) in [5.74, 6) is -0.204. The van der Waals surface area contributed by atoms with Crippen LogP contribution in [-0.4, -0.2) is 41.2 Å². The van der Waals surface area contributed by atoms with Crippen molar-refractivity contribution in [2.24, 2.45) is 0 Å². The summed E-state index contributed by atoms with van der Waals surface area (Å²) in [6.45, 7) is 2.06. The van der Waals surface area contributed by atoms with Gasteiger partial charge in [-0.2, -0.15) is 0 Å². The summed E-state index contributed by atoms with van der Waals surface area (Å²) in [6.07, 6.45) is 5.16. The highest BCUT2D eigenvalue weighted by Crippen LogP contribution is 2.31. The first-order valence-electron chi connectivity index (χ1n) is 10.3. The number of thiazole rings is 1. The number of anilines is 2. The molecule has 0 saturated carbocycles. The average molecular weight is 493 g/mol. The van der Waals surface area contributed by atoms with Gasteiger partial charge in [-0.15, -0.1) is 0 Å². The number of amides is 1. The number of benzene rings is 2. The summed E-state index contributed by atoms with van der Waals surface area (Å²) in [5, 5.41) is 3.20. The van der Waals surface area contributed by atoms with Crippen LogP contribution in [0.3, 0.4) is 0 Å². The molecule has 0 atom stereocenters. The van der Waals surface area contributed by atoms with Gasteiger partial charge in [0.1, 0.15) is 0 Å². The van der Waals surface area contributed by atoms with E-state index in [4.69, 9.17) is 0 Å². The predicted octanol–water partition coefficient (Wildman–Crippen LogP) is 3.93. The molecule has 11 heteroatoms. The molecule has 0 radical (unpaired) electrons. The second kappa shape index (κ2) is 8.50. The molecule has 1 amide bonds. The zero-order valence-corrected chi connectivity index (χ0v) is 19.9. The summed E-state index contributed by atoms with van der Waals surface area (Å²) in [6, 6.07) is 12.5. The van der Waals surface area contributed by atoms with Crippen LogP contribution >= 0.6 is 11.3 Å². The monoisotopic (exact) mass is 492 g/mol. The van der Waals surface area contributed by atoms with Crippen molar-refractivity contribution < 1.29 is 13.2 Å². The Balaban J connectivity index is 1.45. The van der Waals surface area contributed by atoms with Crippen LogP contribution in [0.25, 0.3) is 27.6 Å². The third kappa shape index (κ3) is 4.35. The van der Waals surface area contributed by atoms with E-state index in [0.717, 1.165) is 21.3 Å². The topological polar surface area (TPSA) is 117 Å². The fourth-order valence-corrected chi connectivity index (χ4v) is 5.85. The standard InChI is InChI=1S/C23H20N6O3S2/c1-14(30)25-23-27-19-7-6-15(12-20(19)33-23)18-8-10-24-22(26-18)28-34(31,32)21-5-3-4-16-13-29(2)11-9-17(16)21/h3-12H,13H2,1-2H3,(H,24,26,28)(H,25,27,30). The molecule has 4 aromatic rings. The summed E-state index contributed by atoms with van der Waals surface area (Å²) in [4.78, 5) is 26.4. The minimum atomic E-state index is -3.91.